The van der Waals surface area contributed by atoms with E-state index in [9.17, 15) is 4.79 Å². The van der Waals surface area contributed by atoms with Crippen molar-refractivity contribution in [3.63, 3.8) is 0 Å². The molecule has 2 rings (SSSR count). The number of carbonyl (C=O) groups excluding carboxylic acids is 1. The van der Waals surface area contributed by atoms with Gasteiger partial charge in [-0.2, -0.15) is 0 Å². The van der Waals surface area contributed by atoms with Crippen LogP contribution >= 0.6 is 0 Å². The van der Waals surface area contributed by atoms with Gasteiger partial charge in [0.25, 0.3) is 5.91 Å². The van der Waals surface area contributed by atoms with Gasteiger partial charge >= 0.3 is 0 Å². The number of methoxy groups -OCH3 is 1. The summed E-state index contributed by atoms with van der Waals surface area (Å²) < 4.78 is 9.83. The molecule has 2 N–H and O–H groups in total. The van der Waals surface area contributed by atoms with E-state index in [0.717, 1.165) is 19.3 Å². The fourth-order valence-corrected chi connectivity index (χ4v) is 1.92. The molecule has 0 bridgehead atoms. The Bertz CT molecular complexity index is 412. The van der Waals surface area contributed by atoms with Crippen molar-refractivity contribution < 1.29 is 19.2 Å². The molecular formula is C12H18N2O4. The fraction of sp³-hybridized carbons (Fsp3) is 0.667. The maximum Gasteiger partial charge on any atom is 0.273 e. The minimum Gasteiger partial charge on any atom is -0.396 e. The van der Waals surface area contributed by atoms with Crippen LogP contribution in [0.15, 0.2) is 10.6 Å². The first-order valence-electron chi connectivity index (χ1n) is 6.03. The summed E-state index contributed by atoms with van der Waals surface area (Å²) in [5, 5.41) is 15.4. The normalized spacial score (nSPS) is 16.6. The number of amides is 1. The van der Waals surface area contributed by atoms with E-state index in [1.54, 1.807) is 13.2 Å². The highest BCUT2D eigenvalue weighted by molar-refractivity contribution is 5.92. The fourth-order valence-electron chi connectivity index (χ4n) is 1.92. The molecule has 100 valence electrons. The first-order valence-corrected chi connectivity index (χ1v) is 6.03. The number of aliphatic hydroxyl groups is 1. The summed E-state index contributed by atoms with van der Waals surface area (Å²) in [5.41, 5.74) is 0.366. The number of rotatable bonds is 7. The van der Waals surface area contributed by atoms with Gasteiger partial charge in [-0.25, -0.2) is 0 Å². The van der Waals surface area contributed by atoms with E-state index in [0.29, 0.717) is 18.9 Å². The smallest absolute Gasteiger partial charge is 0.273 e. The Morgan fingerprint density at radius 1 is 1.67 bits per heavy atom. The number of carbonyl (C=O) groups is 1. The molecule has 0 unspecified atom stereocenters. The predicted molar refractivity (Wildman–Crippen MR) is 62.9 cm³/mol. The summed E-state index contributed by atoms with van der Waals surface area (Å²) in [6.45, 7) is 1.05. The minimum absolute atomic E-state index is 0.101. The zero-order valence-corrected chi connectivity index (χ0v) is 10.4. The van der Waals surface area contributed by atoms with Crippen molar-refractivity contribution in [2.45, 2.75) is 25.9 Å². The summed E-state index contributed by atoms with van der Waals surface area (Å²) in [6.07, 6.45) is 2.85. The quantitative estimate of drug-likeness (QED) is 0.748. The van der Waals surface area contributed by atoms with E-state index in [2.05, 4.69) is 10.5 Å². The average Bonchev–Trinajstić information content (AvgIpc) is 2.96. The predicted octanol–water partition coefficient (Wildman–Crippen LogP) is 0.713. The Morgan fingerprint density at radius 3 is 3.06 bits per heavy atom. The Kier molecular flexibility index (Phi) is 3.98. The highest BCUT2D eigenvalue weighted by Gasteiger charge is 2.42. The van der Waals surface area contributed by atoms with Crippen LogP contribution in [0.25, 0.3) is 0 Å². The lowest BCUT2D eigenvalue weighted by atomic mass is 10.0. The maximum absolute atomic E-state index is 11.8. The SMILES string of the molecule is COCc1cc(C(=O)NCC2(CCO)CC2)no1. The van der Waals surface area contributed by atoms with Crippen LogP contribution in [-0.4, -0.2) is 36.4 Å². The van der Waals surface area contributed by atoms with Crippen LogP contribution in [0, 0.1) is 5.41 Å². The molecule has 1 amide bonds. The van der Waals surface area contributed by atoms with E-state index in [4.69, 9.17) is 14.4 Å². The van der Waals surface area contributed by atoms with Gasteiger partial charge < -0.3 is 19.7 Å². The van der Waals surface area contributed by atoms with Crippen molar-refractivity contribution in [1.29, 1.82) is 0 Å². The zero-order valence-electron chi connectivity index (χ0n) is 10.4. The molecule has 0 spiro atoms. The lowest BCUT2D eigenvalue weighted by Crippen LogP contribution is -2.30. The standard InChI is InChI=1S/C12H18N2O4/c1-17-7-9-6-10(14-18-9)11(16)13-8-12(2-3-12)4-5-15/h6,15H,2-5,7-8H2,1H3,(H,13,16). The highest BCUT2D eigenvalue weighted by Crippen LogP contribution is 2.47. The monoisotopic (exact) mass is 254 g/mol. The second kappa shape index (κ2) is 5.49. The van der Waals surface area contributed by atoms with Gasteiger partial charge in [-0.05, 0) is 24.7 Å². The Balaban J connectivity index is 1.83. The van der Waals surface area contributed by atoms with Gasteiger partial charge in [0.2, 0.25) is 0 Å². The average molecular weight is 254 g/mol. The van der Waals surface area contributed by atoms with Crippen LogP contribution < -0.4 is 5.32 Å². The van der Waals surface area contributed by atoms with Gasteiger partial charge in [0.15, 0.2) is 11.5 Å². The summed E-state index contributed by atoms with van der Waals surface area (Å²) in [5.74, 6) is 0.282. The van der Waals surface area contributed by atoms with E-state index in [1.165, 1.54) is 0 Å². The molecule has 18 heavy (non-hydrogen) atoms. The van der Waals surface area contributed by atoms with Crippen molar-refractivity contribution in [2.75, 3.05) is 20.3 Å². The van der Waals surface area contributed by atoms with Crippen molar-refractivity contribution in [2.24, 2.45) is 5.41 Å². The maximum atomic E-state index is 11.8. The first kappa shape index (κ1) is 13.0. The number of aliphatic hydroxyl groups excluding tert-OH is 1. The van der Waals surface area contributed by atoms with Crippen molar-refractivity contribution in [3.8, 4) is 0 Å². The molecular weight excluding hydrogens is 236 g/mol. The molecule has 0 aromatic carbocycles. The summed E-state index contributed by atoms with van der Waals surface area (Å²) >= 11 is 0. The zero-order chi connectivity index (χ0) is 13.0. The molecule has 1 heterocycles. The third kappa shape index (κ3) is 3.08. The number of nitrogens with zero attached hydrogens (tertiary/aromatic N) is 1. The minimum atomic E-state index is -0.245. The number of hydrogen-bond donors (Lipinski definition) is 2. The molecule has 0 atom stereocenters. The van der Waals surface area contributed by atoms with Gasteiger partial charge in [0.1, 0.15) is 6.61 Å². The summed E-state index contributed by atoms with van der Waals surface area (Å²) in [6, 6.07) is 1.57. The molecule has 1 aliphatic carbocycles. The molecule has 1 saturated carbocycles. The Morgan fingerprint density at radius 2 is 2.44 bits per heavy atom. The van der Waals surface area contributed by atoms with Crippen LogP contribution in [0.1, 0.15) is 35.5 Å². The van der Waals surface area contributed by atoms with E-state index in [1.807, 2.05) is 0 Å². The van der Waals surface area contributed by atoms with Crippen LogP contribution in [0.2, 0.25) is 0 Å². The molecule has 1 aromatic heterocycles. The Hall–Kier alpha value is -1.40. The Labute approximate surface area is 105 Å². The van der Waals surface area contributed by atoms with E-state index >= 15 is 0 Å². The first-order chi connectivity index (χ1) is 8.69. The van der Waals surface area contributed by atoms with Crippen LogP contribution in [0.5, 0.6) is 0 Å². The van der Waals surface area contributed by atoms with Crippen molar-refractivity contribution in [3.05, 3.63) is 17.5 Å². The topological polar surface area (TPSA) is 84.6 Å². The lowest BCUT2D eigenvalue weighted by Gasteiger charge is -2.13. The van der Waals surface area contributed by atoms with E-state index < -0.39 is 0 Å². The lowest BCUT2D eigenvalue weighted by molar-refractivity contribution is 0.0931. The highest BCUT2D eigenvalue weighted by atomic mass is 16.5. The van der Waals surface area contributed by atoms with Crippen LogP contribution in [-0.2, 0) is 11.3 Å². The van der Waals surface area contributed by atoms with Gasteiger partial charge in [-0.15, -0.1) is 0 Å². The molecule has 1 aromatic rings. The molecule has 0 aliphatic heterocycles. The second-order valence-corrected chi connectivity index (χ2v) is 4.77. The molecule has 1 aliphatic rings. The molecule has 0 saturated heterocycles. The molecule has 1 fully saturated rings. The van der Waals surface area contributed by atoms with Crippen LogP contribution in [0.4, 0.5) is 0 Å². The van der Waals surface area contributed by atoms with Gasteiger partial charge in [-0.1, -0.05) is 5.16 Å². The molecule has 6 nitrogen and oxygen atoms in total. The van der Waals surface area contributed by atoms with Crippen LogP contribution in [0.3, 0.4) is 0 Å². The van der Waals surface area contributed by atoms with Gasteiger partial charge in [-0.3, -0.25) is 4.79 Å². The third-order valence-electron chi connectivity index (χ3n) is 3.30. The number of nitrogens with one attached hydrogen (secondary N) is 1. The molecule has 6 heteroatoms. The number of ether oxygens (including phenoxy) is 1. The largest absolute Gasteiger partial charge is 0.396 e. The second-order valence-electron chi connectivity index (χ2n) is 4.77. The molecule has 0 radical (unpaired) electrons. The van der Waals surface area contributed by atoms with Gasteiger partial charge in [0, 0.05) is 26.3 Å². The summed E-state index contributed by atoms with van der Waals surface area (Å²) in [4.78, 5) is 11.8. The number of aromatic nitrogens is 1. The third-order valence-corrected chi connectivity index (χ3v) is 3.30. The summed E-state index contributed by atoms with van der Waals surface area (Å²) in [7, 11) is 1.55. The van der Waals surface area contributed by atoms with Crippen molar-refractivity contribution in [1.82, 2.24) is 10.5 Å². The number of hydrogen-bond acceptors (Lipinski definition) is 5. The van der Waals surface area contributed by atoms with Gasteiger partial charge in [0.05, 0.1) is 0 Å². The van der Waals surface area contributed by atoms with Crippen molar-refractivity contribution >= 4 is 5.91 Å². The van der Waals surface area contributed by atoms with E-state index in [-0.39, 0.29) is 23.6 Å².